The second-order valence-electron chi connectivity index (χ2n) is 7.72. The second-order valence-corrected chi connectivity index (χ2v) is 8.16. The molecule has 2 N–H and O–H groups in total. The Labute approximate surface area is 166 Å². The fourth-order valence-electron chi connectivity index (χ4n) is 3.52. The topological polar surface area (TPSA) is 72.9 Å². The van der Waals surface area contributed by atoms with Crippen LogP contribution >= 0.6 is 11.6 Å². The number of carbonyl (C=O) groups is 2. The van der Waals surface area contributed by atoms with Crippen LogP contribution in [-0.4, -0.2) is 65.7 Å². The molecule has 150 valence electrons. The van der Waals surface area contributed by atoms with Crippen molar-refractivity contribution in [1.29, 1.82) is 0 Å². The Morgan fingerprint density at radius 1 is 1.26 bits per heavy atom. The van der Waals surface area contributed by atoms with Crippen LogP contribution in [-0.2, 0) is 10.2 Å². The predicted octanol–water partition coefficient (Wildman–Crippen LogP) is 3.20. The van der Waals surface area contributed by atoms with E-state index in [4.69, 9.17) is 16.7 Å². The zero-order valence-electron chi connectivity index (χ0n) is 16.4. The van der Waals surface area contributed by atoms with Crippen molar-refractivity contribution in [3.8, 4) is 0 Å². The summed E-state index contributed by atoms with van der Waals surface area (Å²) in [7, 11) is 0. The van der Waals surface area contributed by atoms with Crippen molar-refractivity contribution >= 4 is 23.6 Å². The SMILES string of the molecule is CCN(CC(=O)O)C1CCN(C(=O)NCC(C)(C)c2ccc(Cl)cc2)CC1. The van der Waals surface area contributed by atoms with E-state index in [1.807, 2.05) is 41.0 Å². The lowest BCUT2D eigenvalue weighted by molar-refractivity contribution is -0.139. The molecule has 0 bridgehead atoms. The van der Waals surface area contributed by atoms with Gasteiger partial charge in [0.05, 0.1) is 6.54 Å². The second kappa shape index (κ2) is 9.42. The molecule has 2 rings (SSSR count). The minimum Gasteiger partial charge on any atom is -0.480 e. The molecule has 1 saturated heterocycles. The maximum absolute atomic E-state index is 12.5. The fraction of sp³-hybridized carbons (Fsp3) is 0.600. The van der Waals surface area contributed by atoms with E-state index >= 15 is 0 Å². The number of rotatable bonds is 7. The number of likely N-dealkylation sites (N-methyl/N-ethyl adjacent to an activating group) is 1. The molecule has 1 aliphatic heterocycles. The Balaban J connectivity index is 1.83. The highest BCUT2D eigenvalue weighted by Gasteiger charge is 2.28. The third kappa shape index (κ3) is 6.11. The lowest BCUT2D eigenvalue weighted by Crippen LogP contribution is -2.51. The van der Waals surface area contributed by atoms with Gasteiger partial charge in [-0.05, 0) is 37.1 Å². The molecule has 0 radical (unpaired) electrons. The first-order valence-corrected chi connectivity index (χ1v) is 9.85. The highest BCUT2D eigenvalue weighted by molar-refractivity contribution is 6.30. The predicted molar refractivity (Wildman–Crippen MR) is 107 cm³/mol. The third-order valence-corrected chi connectivity index (χ3v) is 5.57. The van der Waals surface area contributed by atoms with Gasteiger partial charge in [0.15, 0.2) is 0 Å². The van der Waals surface area contributed by atoms with Crippen LogP contribution in [0, 0.1) is 0 Å². The van der Waals surface area contributed by atoms with Crippen LogP contribution < -0.4 is 5.32 Å². The molecule has 1 aromatic carbocycles. The number of carboxylic acid groups (broad SMARTS) is 1. The molecule has 6 nitrogen and oxygen atoms in total. The molecule has 1 aliphatic rings. The minimum atomic E-state index is -0.804. The number of nitrogens with one attached hydrogen (secondary N) is 1. The van der Waals surface area contributed by atoms with E-state index in [9.17, 15) is 9.59 Å². The molecule has 1 fully saturated rings. The van der Waals surface area contributed by atoms with Gasteiger partial charge in [-0.3, -0.25) is 9.69 Å². The van der Waals surface area contributed by atoms with Crippen molar-refractivity contribution in [2.75, 3.05) is 32.7 Å². The lowest BCUT2D eigenvalue weighted by Gasteiger charge is -2.38. The summed E-state index contributed by atoms with van der Waals surface area (Å²) in [6, 6.07) is 7.87. The number of piperidine rings is 1. The van der Waals surface area contributed by atoms with Crippen molar-refractivity contribution in [2.45, 2.75) is 45.1 Å². The van der Waals surface area contributed by atoms with Crippen molar-refractivity contribution in [2.24, 2.45) is 0 Å². The smallest absolute Gasteiger partial charge is 0.317 e. The standard InChI is InChI=1S/C20H30ClN3O3/c1-4-23(13-18(25)26)17-9-11-24(12-10-17)19(27)22-14-20(2,3)15-5-7-16(21)8-6-15/h5-8,17H,4,9-14H2,1-3H3,(H,22,27)(H,25,26). The average molecular weight is 396 g/mol. The van der Waals surface area contributed by atoms with Crippen LogP contribution in [0.5, 0.6) is 0 Å². The molecule has 0 unspecified atom stereocenters. The number of carbonyl (C=O) groups excluding carboxylic acids is 1. The van der Waals surface area contributed by atoms with Gasteiger partial charge in [-0.25, -0.2) is 4.79 Å². The molecule has 0 aromatic heterocycles. The van der Waals surface area contributed by atoms with Gasteiger partial charge in [-0.1, -0.05) is 44.5 Å². The molecule has 2 amide bonds. The maximum atomic E-state index is 12.5. The molecule has 0 spiro atoms. The van der Waals surface area contributed by atoms with E-state index in [0.717, 1.165) is 18.4 Å². The van der Waals surface area contributed by atoms with Gasteiger partial charge in [0, 0.05) is 36.1 Å². The van der Waals surface area contributed by atoms with Crippen molar-refractivity contribution in [3.63, 3.8) is 0 Å². The van der Waals surface area contributed by atoms with Crippen molar-refractivity contribution in [1.82, 2.24) is 15.1 Å². The molecule has 0 atom stereocenters. The maximum Gasteiger partial charge on any atom is 0.317 e. The molecule has 0 aliphatic carbocycles. The average Bonchev–Trinajstić information content (AvgIpc) is 2.64. The Kier molecular flexibility index (Phi) is 7.50. The highest BCUT2D eigenvalue weighted by Crippen LogP contribution is 2.24. The fourth-order valence-corrected chi connectivity index (χ4v) is 3.64. The van der Waals surface area contributed by atoms with E-state index in [2.05, 4.69) is 19.2 Å². The summed E-state index contributed by atoms with van der Waals surface area (Å²) >= 11 is 5.95. The van der Waals surface area contributed by atoms with Gasteiger partial charge >= 0.3 is 12.0 Å². The van der Waals surface area contributed by atoms with Crippen LogP contribution in [0.1, 0.15) is 39.2 Å². The Hall–Kier alpha value is -1.79. The van der Waals surface area contributed by atoms with Crippen LogP contribution in [0.25, 0.3) is 0 Å². The van der Waals surface area contributed by atoms with Crippen molar-refractivity contribution < 1.29 is 14.7 Å². The largest absolute Gasteiger partial charge is 0.480 e. The Morgan fingerprint density at radius 2 is 1.85 bits per heavy atom. The van der Waals surface area contributed by atoms with Crippen molar-refractivity contribution in [3.05, 3.63) is 34.9 Å². The van der Waals surface area contributed by atoms with E-state index < -0.39 is 5.97 Å². The minimum absolute atomic E-state index is 0.0582. The molecule has 27 heavy (non-hydrogen) atoms. The number of hydrogen-bond acceptors (Lipinski definition) is 3. The van der Waals surface area contributed by atoms with Gasteiger partial charge in [-0.2, -0.15) is 0 Å². The van der Waals surface area contributed by atoms with E-state index in [0.29, 0.717) is 31.2 Å². The molecule has 1 heterocycles. The summed E-state index contributed by atoms with van der Waals surface area (Å²) in [5, 5.41) is 12.8. The molecular formula is C20H30ClN3O3. The highest BCUT2D eigenvalue weighted by atomic mass is 35.5. The van der Waals surface area contributed by atoms with Crippen LogP contribution in [0.4, 0.5) is 4.79 Å². The summed E-state index contributed by atoms with van der Waals surface area (Å²) < 4.78 is 0. The number of halogens is 1. The summed E-state index contributed by atoms with van der Waals surface area (Å²) in [6.45, 7) is 8.75. The van der Waals surface area contributed by atoms with E-state index in [-0.39, 0.29) is 24.0 Å². The normalized spacial score (nSPS) is 15.8. The zero-order valence-corrected chi connectivity index (χ0v) is 17.1. The van der Waals surface area contributed by atoms with Crippen LogP contribution in [0.2, 0.25) is 5.02 Å². The van der Waals surface area contributed by atoms with E-state index in [1.165, 1.54) is 0 Å². The number of urea groups is 1. The molecule has 1 aromatic rings. The Morgan fingerprint density at radius 3 is 2.37 bits per heavy atom. The van der Waals surface area contributed by atoms with Gasteiger partial charge in [0.25, 0.3) is 0 Å². The number of carboxylic acids is 1. The lowest BCUT2D eigenvalue weighted by atomic mass is 9.85. The van der Waals surface area contributed by atoms with Crippen LogP contribution in [0.3, 0.4) is 0 Å². The first-order valence-electron chi connectivity index (χ1n) is 9.47. The summed E-state index contributed by atoms with van der Waals surface area (Å²) in [5.74, 6) is -0.804. The third-order valence-electron chi connectivity index (χ3n) is 5.32. The summed E-state index contributed by atoms with van der Waals surface area (Å²) in [5.41, 5.74) is 0.928. The van der Waals surface area contributed by atoms with E-state index in [1.54, 1.807) is 0 Å². The van der Waals surface area contributed by atoms with Gasteiger partial charge < -0.3 is 15.3 Å². The molecular weight excluding hydrogens is 366 g/mol. The van der Waals surface area contributed by atoms with Gasteiger partial charge in [0.1, 0.15) is 0 Å². The van der Waals surface area contributed by atoms with Gasteiger partial charge in [0.2, 0.25) is 0 Å². The Bertz CT molecular complexity index is 640. The monoisotopic (exact) mass is 395 g/mol. The van der Waals surface area contributed by atoms with Crippen LogP contribution in [0.15, 0.2) is 24.3 Å². The number of likely N-dealkylation sites (tertiary alicyclic amines) is 1. The summed E-state index contributed by atoms with van der Waals surface area (Å²) in [6.07, 6.45) is 1.60. The first kappa shape index (κ1) is 21.5. The summed E-state index contributed by atoms with van der Waals surface area (Å²) in [4.78, 5) is 27.3. The number of amides is 2. The number of hydrogen-bond donors (Lipinski definition) is 2. The number of nitrogens with zero attached hydrogens (tertiary/aromatic N) is 2. The number of benzene rings is 1. The molecule has 7 heteroatoms. The molecule has 0 saturated carbocycles. The number of aliphatic carboxylic acids is 1. The first-order chi connectivity index (χ1) is 12.7. The van der Waals surface area contributed by atoms with Gasteiger partial charge in [-0.15, -0.1) is 0 Å². The zero-order chi connectivity index (χ0) is 20.0. The quantitative estimate of drug-likeness (QED) is 0.743.